The molecule has 0 fully saturated rings. The van der Waals surface area contributed by atoms with Gasteiger partial charge in [0.1, 0.15) is 22.3 Å². The number of amides is 1. The van der Waals surface area contributed by atoms with E-state index in [9.17, 15) is 4.79 Å². The molecule has 15 heavy (non-hydrogen) atoms. The van der Waals surface area contributed by atoms with Crippen LogP contribution in [0.3, 0.4) is 0 Å². The second-order valence-electron chi connectivity index (χ2n) is 2.92. The lowest BCUT2D eigenvalue weighted by molar-refractivity contribution is -0.125. The van der Waals surface area contributed by atoms with Gasteiger partial charge in [-0.3, -0.25) is 4.79 Å². The van der Waals surface area contributed by atoms with Gasteiger partial charge in [0.25, 0.3) is 0 Å². The molecule has 1 aromatic rings. The Morgan fingerprint density at radius 1 is 1.73 bits per heavy atom. The van der Waals surface area contributed by atoms with Crippen molar-refractivity contribution in [2.75, 3.05) is 11.9 Å². The largest absolute Gasteiger partial charge is 0.381 e. The zero-order valence-corrected chi connectivity index (χ0v) is 9.65. The maximum atomic E-state index is 10.5. The molecule has 1 atom stereocenters. The maximum Gasteiger partial charge on any atom is 0.248 e. The average molecular weight is 275 g/mol. The Bertz CT molecular complexity index is 351. The molecular weight excluding hydrogens is 264 g/mol. The van der Waals surface area contributed by atoms with Gasteiger partial charge in [0.05, 0.1) is 6.54 Å². The van der Waals surface area contributed by atoms with Gasteiger partial charge in [-0.05, 0) is 22.9 Å². The van der Waals surface area contributed by atoms with E-state index in [2.05, 4.69) is 31.2 Å². The van der Waals surface area contributed by atoms with E-state index < -0.39 is 12.0 Å². The third kappa shape index (κ3) is 3.80. The third-order valence-corrected chi connectivity index (χ3v) is 2.02. The Morgan fingerprint density at radius 3 is 2.93 bits per heavy atom. The van der Waals surface area contributed by atoms with Crippen molar-refractivity contribution in [3.63, 3.8) is 0 Å². The third-order valence-electron chi connectivity index (χ3n) is 1.61. The molecule has 1 aromatic heterocycles. The summed E-state index contributed by atoms with van der Waals surface area (Å²) in [6.45, 7) is 1.76. The molecule has 0 aliphatic carbocycles. The van der Waals surface area contributed by atoms with Crippen LogP contribution >= 0.6 is 15.9 Å². The number of hydrogen-bond acceptors (Lipinski definition) is 5. The van der Waals surface area contributed by atoms with Crippen molar-refractivity contribution >= 4 is 27.7 Å². The van der Waals surface area contributed by atoms with E-state index in [1.165, 1.54) is 0 Å². The summed E-state index contributed by atoms with van der Waals surface area (Å²) in [6, 6.07) is 1.64. The summed E-state index contributed by atoms with van der Waals surface area (Å²) in [4.78, 5) is 18.6. The van der Waals surface area contributed by atoms with Gasteiger partial charge in [-0.15, -0.1) is 0 Å². The molecule has 1 heterocycles. The van der Waals surface area contributed by atoms with Crippen molar-refractivity contribution in [3.8, 4) is 0 Å². The normalized spacial score (nSPS) is 12.2. The zero-order chi connectivity index (χ0) is 11.4. The van der Waals surface area contributed by atoms with Gasteiger partial charge in [0, 0.05) is 6.07 Å². The van der Waals surface area contributed by atoms with Crippen molar-refractivity contribution in [2.45, 2.75) is 13.0 Å². The SMILES string of the molecule is Cc1nc(Br)cc(NCC(O)C(N)=O)n1. The Labute approximate surface area is 95.0 Å². The van der Waals surface area contributed by atoms with Gasteiger partial charge in [-0.1, -0.05) is 0 Å². The molecule has 0 radical (unpaired) electrons. The highest BCUT2D eigenvalue weighted by molar-refractivity contribution is 9.10. The Kier molecular flexibility index (Phi) is 3.98. The first-order valence-corrected chi connectivity index (χ1v) is 5.01. The molecule has 1 unspecified atom stereocenters. The van der Waals surface area contributed by atoms with E-state index in [0.29, 0.717) is 16.2 Å². The van der Waals surface area contributed by atoms with E-state index in [0.717, 1.165) is 0 Å². The molecule has 0 saturated heterocycles. The number of carbonyl (C=O) groups is 1. The number of aliphatic hydroxyl groups is 1. The first kappa shape index (κ1) is 11.9. The van der Waals surface area contributed by atoms with Crippen molar-refractivity contribution < 1.29 is 9.90 Å². The van der Waals surface area contributed by atoms with Gasteiger partial charge >= 0.3 is 0 Å². The Morgan fingerprint density at radius 2 is 2.40 bits per heavy atom. The number of nitrogens with zero attached hydrogens (tertiary/aromatic N) is 2. The van der Waals surface area contributed by atoms with Crippen LogP contribution < -0.4 is 11.1 Å². The van der Waals surface area contributed by atoms with Crippen LogP contribution in [0.25, 0.3) is 0 Å². The number of nitrogens with two attached hydrogens (primary N) is 1. The summed E-state index contributed by atoms with van der Waals surface area (Å²) in [7, 11) is 0. The van der Waals surface area contributed by atoms with Crippen LogP contribution in [0, 0.1) is 6.92 Å². The molecule has 0 spiro atoms. The van der Waals surface area contributed by atoms with Crippen molar-refractivity contribution in [3.05, 3.63) is 16.5 Å². The highest BCUT2D eigenvalue weighted by Crippen LogP contribution is 2.11. The number of carbonyl (C=O) groups excluding carboxylic acids is 1. The quantitative estimate of drug-likeness (QED) is 0.661. The highest BCUT2D eigenvalue weighted by atomic mass is 79.9. The van der Waals surface area contributed by atoms with Crippen molar-refractivity contribution in [1.82, 2.24) is 9.97 Å². The fraction of sp³-hybridized carbons (Fsp3) is 0.375. The van der Waals surface area contributed by atoms with E-state index in [1.807, 2.05) is 0 Å². The summed E-state index contributed by atoms with van der Waals surface area (Å²) in [5, 5.41) is 11.9. The Hall–Kier alpha value is -1.21. The van der Waals surface area contributed by atoms with Crippen LogP contribution in [0.15, 0.2) is 10.7 Å². The fourth-order valence-corrected chi connectivity index (χ4v) is 1.40. The fourth-order valence-electron chi connectivity index (χ4n) is 0.924. The van der Waals surface area contributed by atoms with Gasteiger partial charge < -0.3 is 16.2 Å². The smallest absolute Gasteiger partial charge is 0.248 e. The number of hydrogen-bond donors (Lipinski definition) is 3. The molecule has 0 saturated carbocycles. The molecule has 7 heteroatoms. The molecule has 1 rings (SSSR count). The van der Waals surface area contributed by atoms with E-state index in [1.54, 1.807) is 13.0 Å². The molecule has 0 aliphatic rings. The van der Waals surface area contributed by atoms with Crippen LogP contribution in [0.2, 0.25) is 0 Å². The molecule has 0 aromatic carbocycles. The van der Waals surface area contributed by atoms with Crippen LogP contribution in [-0.4, -0.2) is 33.6 Å². The Balaban J connectivity index is 2.61. The number of nitrogens with one attached hydrogen (secondary N) is 1. The highest BCUT2D eigenvalue weighted by Gasteiger charge is 2.10. The maximum absolute atomic E-state index is 10.5. The summed E-state index contributed by atoms with van der Waals surface area (Å²) >= 11 is 3.20. The van der Waals surface area contributed by atoms with Gasteiger partial charge in [0.15, 0.2) is 0 Å². The van der Waals surface area contributed by atoms with Crippen LogP contribution in [0.5, 0.6) is 0 Å². The molecule has 6 nitrogen and oxygen atoms in total. The lowest BCUT2D eigenvalue weighted by Crippen LogP contribution is -2.34. The number of aryl methyl sites for hydroxylation is 1. The van der Waals surface area contributed by atoms with Crippen LogP contribution in [0.4, 0.5) is 5.82 Å². The predicted molar refractivity (Wildman–Crippen MR) is 58.2 cm³/mol. The van der Waals surface area contributed by atoms with Gasteiger partial charge in [-0.25, -0.2) is 9.97 Å². The van der Waals surface area contributed by atoms with Crippen LogP contribution in [-0.2, 0) is 4.79 Å². The standard InChI is InChI=1S/C8H11BrN4O2/c1-4-12-6(9)2-7(13-4)11-3-5(14)8(10)15/h2,5,14H,3H2,1H3,(H2,10,15)(H,11,12,13). The minimum Gasteiger partial charge on any atom is -0.381 e. The molecular formula is C8H11BrN4O2. The monoisotopic (exact) mass is 274 g/mol. The molecule has 1 amide bonds. The van der Waals surface area contributed by atoms with Crippen molar-refractivity contribution in [2.24, 2.45) is 5.73 Å². The summed E-state index contributed by atoms with van der Waals surface area (Å²) in [6.07, 6.45) is -1.22. The summed E-state index contributed by atoms with van der Waals surface area (Å²) in [5.41, 5.74) is 4.89. The topological polar surface area (TPSA) is 101 Å². The number of aromatic nitrogens is 2. The number of rotatable bonds is 4. The van der Waals surface area contributed by atoms with Gasteiger partial charge in [0.2, 0.25) is 5.91 Å². The zero-order valence-electron chi connectivity index (χ0n) is 8.07. The van der Waals surface area contributed by atoms with Gasteiger partial charge in [-0.2, -0.15) is 0 Å². The molecule has 0 bridgehead atoms. The second-order valence-corrected chi connectivity index (χ2v) is 3.73. The minimum absolute atomic E-state index is 0.0260. The van der Waals surface area contributed by atoms with E-state index >= 15 is 0 Å². The number of anilines is 1. The summed E-state index contributed by atoms with van der Waals surface area (Å²) in [5.74, 6) is 0.336. The second kappa shape index (κ2) is 5.04. The number of halogens is 1. The first-order valence-electron chi connectivity index (χ1n) is 4.21. The van der Waals surface area contributed by atoms with Crippen LogP contribution in [0.1, 0.15) is 5.82 Å². The summed E-state index contributed by atoms with van der Waals surface area (Å²) < 4.78 is 0.631. The molecule has 82 valence electrons. The first-order chi connectivity index (χ1) is 6.99. The minimum atomic E-state index is -1.22. The van der Waals surface area contributed by atoms with Crippen molar-refractivity contribution in [1.29, 1.82) is 0 Å². The average Bonchev–Trinajstić information content (AvgIpc) is 2.12. The number of aliphatic hydroxyl groups excluding tert-OH is 1. The predicted octanol–water partition coefficient (Wildman–Crippen LogP) is -0.194. The van der Waals surface area contributed by atoms with E-state index in [-0.39, 0.29) is 6.54 Å². The molecule has 4 N–H and O–H groups in total. The number of primary amides is 1. The lowest BCUT2D eigenvalue weighted by Gasteiger charge is -2.09. The lowest BCUT2D eigenvalue weighted by atomic mass is 10.3. The molecule has 0 aliphatic heterocycles. The van der Waals surface area contributed by atoms with E-state index in [4.69, 9.17) is 10.8 Å².